The lowest BCUT2D eigenvalue weighted by molar-refractivity contribution is 0.202. The molecule has 0 aromatic heterocycles. The zero-order valence-electron chi connectivity index (χ0n) is 15.4. The van der Waals surface area contributed by atoms with Gasteiger partial charge in [-0.3, -0.25) is 4.52 Å². The molecule has 2 N–H and O–H groups in total. The molecule has 0 unspecified atom stereocenters. The number of hydrogen-bond donors (Lipinski definition) is 2. The van der Waals surface area contributed by atoms with Crippen molar-refractivity contribution in [2.45, 2.75) is 96.3 Å². The van der Waals surface area contributed by atoms with E-state index in [0.717, 1.165) is 24.1 Å². The molecule has 0 rings (SSSR count). The summed E-state index contributed by atoms with van der Waals surface area (Å²) in [7, 11) is -4.35. The molecule has 0 aromatic rings. The standard InChI is InChI=1S/C18H35O4PS2/c19-23(20,21)22-16-15-18(25)14-12-10-8-6-4-2-1-3-5-7-9-11-13-17-24/h17H,1-16H2,(H2,19,20,21). The van der Waals surface area contributed by atoms with Crippen molar-refractivity contribution < 1.29 is 18.9 Å². The first kappa shape index (κ1) is 25.3. The minimum absolute atomic E-state index is 0.00943. The summed E-state index contributed by atoms with van der Waals surface area (Å²) in [5.74, 6) is 0. The zero-order valence-corrected chi connectivity index (χ0v) is 17.9. The molecule has 0 aliphatic carbocycles. The third-order valence-electron chi connectivity index (χ3n) is 4.17. The van der Waals surface area contributed by atoms with Gasteiger partial charge in [0.15, 0.2) is 0 Å². The molecule has 4 nitrogen and oxygen atoms in total. The van der Waals surface area contributed by atoms with E-state index in [0.29, 0.717) is 6.42 Å². The molecule has 148 valence electrons. The van der Waals surface area contributed by atoms with Crippen molar-refractivity contribution in [1.82, 2.24) is 0 Å². The Morgan fingerprint density at radius 1 is 0.800 bits per heavy atom. The van der Waals surface area contributed by atoms with Crippen LogP contribution < -0.4 is 0 Å². The molecular weight excluding hydrogens is 375 g/mol. The number of unbranched alkanes of at least 4 members (excludes halogenated alkanes) is 12. The Morgan fingerprint density at radius 2 is 1.24 bits per heavy atom. The van der Waals surface area contributed by atoms with Crippen molar-refractivity contribution in [3.05, 3.63) is 0 Å². The molecule has 0 radical (unpaired) electrons. The normalized spacial score (nSPS) is 11.6. The van der Waals surface area contributed by atoms with Gasteiger partial charge in [0.05, 0.1) is 6.61 Å². The van der Waals surface area contributed by atoms with Gasteiger partial charge in [0.1, 0.15) is 0 Å². The summed E-state index contributed by atoms with van der Waals surface area (Å²) in [5.41, 5.74) is 0. The minimum Gasteiger partial charge on any atom is -0.303 e. The summed E-state index contributed by atoms with van der Waals surface area (Å²) >= 11 is 10.0. The van der Waals surface area contributed by atoms with Crippen molar-refractivity contribution in [2.75, 3.05) is 6.61 Å². The Labute approximate surface area is 164 Å². The predicted molar refractivity (Wildman–Crippen MR) is 114 cm³/mol. The van der Waals surface area contributed by atoms with Crippen LogP contribution in [0.5, 0.6) is 0 Å². The fourth-order valence-electron chi connectivity index (χ4n) is 2.72. The van der Waals surface area contributed by atoms with Gasteiger partial charge in [0.25, 0.3) is 0 Å². The quantitative estimate of drug-likeness (QED) is 0.148. The number of hydrogen-bond acceptors (Lipinski definition) is 4. The van der Waals surface area contributed by atoms with Gasteiger partial charge in [-0.1, -0.05) is 88.6 Å². The smallest absolute Gasteiger partial charge is 0.303 e. The average molecular weight is 411 g/mol. The van der Waals surface area contributed by atoms with Crippen molar-refractivity contribution in [3.63, 3.8) is 0 Å². The Hall–Kier alpha value is 0.290. The lowest BCUT2D eigenvalue weighted by Gasteiger charge is -2.06. The summed E-state index contributed by atoms with van der Waals surface area (Å²) < 4.78 is 14.9. The highest BCUT2D eigenvalue weighted by atomic mass is 32.1. The highest BCUT2D eigenvalue weighted by Gasteiger charge is 2.13. The second-order valence-electron chi connectivity index (χ2n) is 6.56. The average Bonchev–Trinajstić information content (AvgIpc) is 2.54. The SMILES string of the molecule is O=P(O)(O)OCCC(=S)CCCCCCCCCCCCCCC=S. The molecule has 25 heavy (non-hydrogen) atoms. The molecule has 0 fully saturated rings. The molecule has 0 aliphatic heterocycles. The lowest BCUT2D eigenvalue weighted by atomic mass is 10.0. The van der Waals surface area contributed by atoms with Crippen LogP contribution in [0.25, 0.3) is 0 Å². The van der Waals surface area contributed by atoms with Gasteiger partial charge in [0, 0.05) is 6.42 Å². The maximum Gasteiger partial charge on any atom is 0.469 e. The van der Waals surface area contributed by atoms with Crippen LogP contribution in [0.2, 0.25) is 0 Å². The summed E-state index contributed by atoms with van der Waals surface area (Å²) in [6.45, 7) is 0.00943. The van der Waals surface area contributed by atoms with Gasteiger partial charge in [-0.05, 0) is 35.9 Å². The summed E-state index contributed by atoms with van der Waals surface area (Å²) in [6.07, 6.45) is 17.9. The summed E-state index contributed by atoms with van der Waals surface area (Å²) in [5, 5.41) is 1.84. The molecule has 0 saturated heterocycles. The Balaban J connectivity index is 3.19. The zero-order chi connectivity index (χ0) is 18.8. The fraction of sp³-hybridized carbons (Fsp3) is 0.889. The topological polar surface area (TPSA) is 66.8 Å². The molecule has 0 heterocycles. The summed E-state index contributed by atoms with van der Waals surface area (Å²) in [6, 6.07) is 0. The lowest BCUT2D eigenvalue weighted by Crippen LogP contribution is -2.01. The first-order chi connectivity index (χ1) is 12.0. The Morgan fingerprint density at radius 3 is 1.68 bits per heavy atom. The van der Waals surface area contributed by atoms with E-state index in [1.807, 2.05) is 5.37 Å². The van der Waals surface area contributed by atoms with Crippen LogP contribution in [0.3, 0.4) is 0 Å². The van der Waals surface area contributed by atoms with Crippen molar-refractivity contribution in [1.29, 1.82) is 0 Å². The van der Waals surface area contributed by atoms with Gasteiger partial charge in [-0.25, -0.2) is 4.57 Å². The van der Waals surface area contributed by atoms with E-state index in [1.165, 1.54) is 70.6 Å². The van der Waals surface area contributed by atoms with Crippen molar-refractivity contribution in [2.24, 2.45) is 0 Å². The molecule has 0 spiro atoms. The second kappa shape index (κ2) is 17.7. The molecule has 0 aliphatic rings. The van der Waals surface area contributed by atoms with Gasteiger partial charge < -0.3 is 9.79 Å². The highest BCUT2D eigenvalue weighted by Crippen LogP contribution is 2.35. The number of phosphoric acid groups is 1. The van der Waals surface area contributed by atoms with Gasteiger partial charge in [0.2, 0.25) is 0 Å². The monoisotopic (exact) mass is 410 g/mol. The molecule has 7 heteroatoms. The van der Waals surface area contributed by atoms with Gasteiger partial charge >= 0.3 is 7.82 Å². The predicted octanol–water partition coefficient (Wildman–Crippen LogP) is 6.32. The number of thiocarbonyl (C=S) groups is 2. The van der Waals surface area contributed by atoms with Crippen LogP contribution in [-0.2, 0) is 9.09 Å². The van der Waals surface area contributed by atoms with Gasteiger partial charge in [-0.2, -0.15) is 0 Å². The van der Waals surface area contributed by atoms with E-state index >= 15 is 0 Å². The largest absolute Gasteiger partial charge is 0.469 e. The van der Waals surface area contributed by atoms with Crippen molar-refractivity contribution in [3.8, 4) is 0 Å². The molecular formula is C18H35O4PS2. The van der Waals surface area contributed by atoms with E-state index in [2.05, 4.69) is 4.52 Å². The second-order valence-corrected chi connectivity index (χ2v) is 8.71. The highest BCUT2D eigenvalue weighted by molar-refractivity contribution is 7.80. The van der Waals surface area contributed by atoms with Crippen LogP contribution in [0.1, 0.15) is 96.3 Å². The molecule has 0 aromatic carbocycles. The van der Waals surface area contributed by atoms with Crippen LogP contribution in [0.4, 0.5) is 0 Å². The molecule has 0 saturated carbocycles. The first-order valence-corrected chi connectivity index (χ1v) is 12.0. The minimum atomic E-state index is -4.35. The fourth-order valence-corrected chi connectivity index (χ4v) is 3.44. The third kappa shape index (κ3) is 22.2. The van der Waals surface area contributed by atoms with E-state index in [1.54, 1.807) is 0 Å². The number of rotatable bonds is 19. The van der Waals surface area contributed by atoms with E-state index in [4.69, 9.17) is 34.2 Å². The third-order valence-corrected chi connectivity index (χ3v) is 5.33. The van der Waals surface area contributed by atoms with Crippen molar-refractivity contribution >= 4 is 42.5 Å². The Bertz CT molecular complexity index is 385. The van der Waals surface area contributed by atoms with E-state index in [9.17, 15) is 4.57 Å². The van der Waals surface area contributed by atoms with E-state index in [-0.39, 0.29) is 6.61 Å². The maximum atomic E-state index is 10.5. The summed E-state index contributed by atoms with van der Waals surface area (Å²) in [4.78, 5) is 18.0. The molecule has 0 amide bonds. The maximum absolute atomic E-state index is 10.5. The molecule has 0 bridgehead atoms. The molecule has 0 atom stereocenters. The van der Waals surface area contributed by atoms with Crippen LogP contribution in [0, 0.1) is 0 Å². The van der Waals surface area contributed by atoms with E-state index < -0.39 is 7.82 Å². The van der Waals surface area contributed by atoms with Crippen LogP contribution in [0.15, 0.2) is 0 Å². The van der Waals surface area contributed by atoms with Gasteiger partial charge in [-0.15, -0.1) is 0 Å². The number of phosphoric ester groups is 1. The first-order valence-electron chi connectivity index (χ1n) is 9.61. The van der Waals surface area contributed by atoms with Crippen LogP contribution >= 0.6 is 32.3 Å². The Kier molecular flexibility index (Phi) is 17.9. The van der Waals surface area contributed by atoms with Crippen LogP contribution in [-0.4, -0.2) is 26.6 Å².